The van der Waals surface area contributed by atoms with E-state index in [0.29, 0.717) is 12.8 Å². The van der Waals surface area contributed by atoms with Crippen molar-refractivity contribution in [1.29, 1.82) is 0 Å². The fraction of sp³-hybridized carbons (Fsp3) is 0.700. The third-order valence-corrected chi connectivity index (χ3v) is 4.42. The molecule has 1 aliphatic rings. The fourth-order valence-corrected chi connectivity index (χ4v) is 3.35. The van der Waals surface area contributed by atoms with Gasteiger partial charge in [0.15, 0.2) is 0 Å². The molecule has 2 heterocycles. The molecule has 0 radical (unpaired) electrons. The number of aryl methyl sites for hydroxylation is 1. The van der Waals surface area contributed by atoms with Crippen molar-refractivity contribution in [2.24, 2.45) is 12.2 Å². The van der Waals surface area contributed by atoms with Gasteiger partial charge in [-0.25, -0.2) is 14.1 Å². The molecular formula is C10H19ClFN5O2S. The highest BCUT2D eigenvalue weighted by Gasteiger charge is 2.33. The van der Waals surface area contributed by atoms with Gasteiger partial charge in [-0.1, -0.05) is 0 Å². The van der Waals surface area contributed by atoms with Crippen LogP contribution in [0.3, 0.4) is 0 Å². The zero-order chi connectivity index (χ0) is 14.2. The van der Waals surface area contributed by atoms with Crippen molar-refractivity contribution in [2.75, 3.05) is 24.4 Å². The van der Waals surface area contributed by atoms with E-state index in [0.717, 1.165) is 22.1 Å². The number of halogens is 2. The third-order valence-electron chi connectivity index (χ3n) is 3.38. The molecule has 116 valence electrons. The second-order valence-corrected chi connectivity index (χ2v) is 6.24. The number of piperidine rings is 1. The molecule has 1 aliphatic heterocycles. The van der Waals surface area contributed by atoms with Crippen LogP contribution in [0.15, 0.2) is 6.20 Å². The first kappa shape index (κ1) is 17.2. The molecule has 0 amide bonds. The van der Waals surface area contributed by atoms with Crippen LogP contribution in [0.25, 0.3) is 0 Å². The second-order valence-electron chi connectivity index (χ2n) is 4.82. The van der Waals surface area contributed by atoms with Crippen LogP contribution in [-0.4, -0.2) is 49.3 Å². The fourth-order valence-electron chi connectivity index (χ4n) is 2.33. The van der Waals surface area contributed by atoms with Gasteiger partial charge in [-0.3, -0.25) is 0 Å². The summed E-state index contributed by atoms with van der Waals surface area (Å²) in [7, 11) is -0.651. The van der Waals surface area contributed by atoms with E-state index in [9.17, 15) is 12.8 Å². The molecule has 7 nitrogen and oxygen atoms in total. The van der Waals surface area contributed by atoms with E-state index >= 15 is 0 Å². The minimum Gasteiger partial charge on any atom is -0.306 e. The Balaban J connectivity index is 0.00000200. The standard InChI is InChI=1S/C10H18FN5O2S.ClH/c1-14-5-3-8(4-6-14)16(19(12,17)18)9-7-13-15(2)10(9)11;/h7-8H,3-6H2,1-2H3,(H2,12,17,18);1H. The zero-order valence-electron chi connectivity index (χ0n) is 11.4. The smallest absolute Gasteiger partial charge is 0.299 e. The van der Waals surface area contributed by atoms with Crippen LogP contribution in [0.2, 0.25) is 0 Å². The molecular weight excluding hydrogens is 309 g/mol. The molecule has 1 aromatic heterocycles. The van der Waals surface area contributed by atoms with Crippen molar-refractivity contribution >= 4 is 28.3 Å². The largest absolute Gasteiger partial charge is 0.306 e. The van der Waals surface area contributed by atoms with Gasteiger partial charge in [0.2, 0.25) is 5.95 Å². The summed E-state index contributed by atoms with van der Waals surface area (Å²) >= 11 is 0. The maximum atomic E-state index is 13.9. The molecule has 1 saturated heterocycles. The number of rotatable bonds is 3. The normalized spacial score (nSPS) is 17.8. The van der Waals surface area contributed by atoms with Gasteiger partial charge in [0.25, 0.3) is 10.2 Å². The first-order valence-electron chi connectivity index (χ1n) is 5.99. The SMILES string of the molecule is CN1CCC(N(c2cnn(C)c2F)S(N)(=O)=O)CC1.Cl. The highest BCUT2D eigenvalue weighted by Crippen LogP contribution is 2.27. The molecule has 0 spiro atoms. The average molecular weight is 328 g/mol. The first-order chi connectivity index (χ1) is 8.80. The average Bonchev–Trinajstić information content (AvgIpc) is 2.62. The van der Waals surface area contributed by atoms with E-state index in [1.807, 2.05) is 7.05 Å². The van der Waals surface area contributed by atoms with E-state index in [-0.39, 0.29) is 24.1 Å². The maximum absolute atomic E-state index is 13.9. The van der Waals surface area contributed by atoms with Crippen LogP contribution in [0.4, 0.5) is 10.1 Å². The van der Waals surface area contributed by atoms with Crippen LogP contribution in [0.1, 0.15) is 12.8 Å². The Morgan fingerprint density at radius 1 is 1.40 bits per heavy atom. The van der Waals surface area contributed by atoms with Crippen molar-refractivity contribution in [3.63, 3.8) is 0 Å². The molecule has 0 aromatic carbocycles. The van der Waals surface area contributed by atoms with Gasteiger partial charge in [0, 0.05) is 13.1 Å². The van der Waals surface area contributed by atoms with E-state index in [1.165, 1.54) is 13.2 Å². The van der Waals surface area contributed by atoms with Crippen molar-refractivity contribution in [3.05, 3.63) is 12.1 Å². The lowest BCUT2D eigenvalue weighted by Gasteiger charge is -2.35. The Labute approximate surface area is 124 Å². The molecule has 2 N–H and O–H groups in total. The molecule has 0 atom stereocenters. The molecule has 0 saturated carbocycles. The van der Waals surface area contributed by atoms with Crippen LogP contribution in [0.5, 0.6) is 0 Å². The van der Waals surface area contributed by atoms with Crippen LogP contribution >= 0.6 is 12.4 Å². The Morgan fingerprint density at radius 2 is 1.95 bits per heavy atom. The predicted molar refractivity (Wildman–Crippen MR) is 76.5 cm³/mol. The lowest BCUT2D eigenvalue weighted by Crippen LogP contribution is -2.49. The Morgan fingerprint density at radius 3 is 2.35 bits per heavy atom. The predicted octanol–water partition coefficient (Wildman–Crippen LogP) is 0.0851. The molecule has 1 fully saturated rings. The van der Waals surface area contributed by atoms with Gasteiger partial charge in [-0.2, -0.15) is 17.9 Å². The number of hydrogen-bond donors (Lipinski definition) is 1. The Kier molecular flexibility index (Phi) is 5.36. The van der Waals surface area contributed by atoms with Gasteiger partial charge in [-0.05, 0) is 33.0 Å². The zero-order valence-corrected chi connectivity index (χ0v) is 13.0. The highest BCUT2D eigenvalue weighted by atomic mass is 35.5. The molecule has 10 heteroatoms. The number of hydrogen-bond acceptors (Lipinski definition) is 4. The number of nitrogens with zero attached hydrogens (tertiary/aromatic N) is 4. The van der Waals surface area contributed by atoms with Gasteiger partial charge in [0.1, 0.15) is 5.69 Å². The summed E-state index contributed by atoms with van der Waals surface area (Å²) in [4.78, 5) is 2.09. The summed E-state index contributed by atoms with van der Waals surface area (Å²) in [6.07, 6.45) is 2.42. The topological polar surface area (TPSA) is 84.5 Å². The van der Waals surface area contributed by atoms with Crippen LogP contribution in [-0.2, 0) is 17.3 Å². The van der Waals surface area contributed by atoms with Crippen molar-refractivity contribution < 1.29 is 12.8 Å². The molecule has 20 heavy (non-hydrogen) atoms. The van der Waals surface area contributed by atoms with E-state index in [1.54, 1.807) is 0 Å². The summed E-state index contributed by atoms with van der Waals surface area (Å²) in [6.45, 7) is 1.50. The molecule has 2 rings (SSSR count). The van der Waals surface area contributed by atoms with Crippen LogP contribution < -0.4 is 9.44 Å². The maximum Gasteiger partial charge on any atom is 0.299 e. The second kappa shape index (κ2) is 6.25. The van der Waals surface area contributed by atoms with E-state index < -0.39 is 16.2 Å². The molecule has 0 unspecified atom stereocenters. The van der Waals surface area contributed by atoms with Gasteiger partial charge in [0.05, 0.1) is 6.20 Å². The summed E-state index contributed by atoms with van der Waals surface area (Å²) in [6, 6.07) is -0.329. The minimum atomic E-state index is -4.02. The van der Waals surface area contributed by atoms with Gasteiger partial charge in [-0.15, -0.1) is 12.4 Å². The lowest BCUT2D eigenvalue weighted by atomic mass is 10.1. The lowest BCUT2D eigenvalue weighted by molar-refractivity contribution is 0.257. The minimum absolute atomic E-state index is 0. The van der Waals surface area contributed by atoms with E-state index in [4.69, 9.17) is 5.14 Å². The van der Waals surface area contributed by atoms with Crippen molar-refractivity contribution in [1.82, 2.24) is 14.7 Å². The third kappa shape index (κ3) is 3.40. The highest BCUT2D eigenvalue weighted by molar-refractivity contribution is 7.90. The summed E-state index contributed by atoms with van der Waals surface area (Å²) < 4.78 is 39.4. The molecule has 0 aliphatic carbocycles. The van der Waals surface area contributed by atoms with Crippen LogP contribution in [0, 0.1) is 5.95 Å². The summed E-state index contributed by atoms with van der Waals surface area (Å²) in [5.41, 5.74) is -0.0837. The first-order valence-corrected chi connectivity index (χ1v) is 7.49. The monoisotopic (exact) mass is 327 g/mol. The number of anilines is 1. The van der Waals surface area contributed by atoms with Gasteiger partial charge >= 0.3 is 0 Å². The summed E-state index contributed by atoms with van der Waals surface area (Å²) in [5, 5.41) is 8.97. The number of likely N-dealkylation sites (tertiary alicyclic amines) is 1. The Bertz CT molecular complexity index is 556. The quantitative estimate of drug-likeness (QED) is 0.852. The van der Waals surface area contributed by atoms with Gasteiger partial charge < -0.3 is 4.90 Å². The Hall–Kier alpha value is -0.900. The summed E-state index contributed by atoms with van der Waals surface area (Å²) in [5.74, 6) is -0.701. The number of aromatic nitrogens is 2. The van der Waals surface area contributed by atoms with E-state index in [2.05, 4.69) is 10.00 Å². The number of nitrogens with two attached hydrogens (primary N) is 1. The van der Waals surface area contributed by atoms with Crippen molar-refractivity contribution in [2.45, 2.75) is 18.9 Å². The van der Waals surface area contributed by atoms with Crippen molar-refractivity contribution in [3.8, 4) is 0 Å². The molecule has 1 aromatic rings. The molecule has 0 bridgehead atoms.